The number of nitrogens with two attached hydrogens (primary N) is 1. The predicted octanol–water partition coefficient (Wildman–Crippen LogP) is 1.70. The van der Waals surface area contributed by atoms with E-state index < -0.39 is 0 Å². The number of carbonyl (C=O) groups is 1. The van der Waals surface area contributed by atoms with E-state index in [2.05, 4.69) is 20.1 Å². The molecule has 0 fully saturated rings. The summed E-state index contributed by atoms with van der Waals surface area (Å²) in [6.07, 6.45) is 6.79. The van der Waals surface area contributed by atoms with Crippen LogP contribution in [0.4, 0.5) is 0 Å². The van der Waals surface area contributed by atoms with Gasteiger partial charge in [-0.3, -0.25) is 4.79 Å². The summed E-state index contributed by atoms with van der Waals surface area (Å²) in [7, 11) is 0. The van der Waals surface area contributed by atoms with Gasteiger partial charge in [0.25, 0.3) is 0 Å². The highest BCUT2D eigenvalue weighted by Gasteiger charge is 2.20. The van der Waals surface area contributed by atoms with Gasteiger partial charge < -0.3 is 15.6 Å². The smallest absolute Gasteiger partial charge is 0.220 e. The maximum absolute atomic E-state index is 12.0. The minimum absolute atomic E-state index is 0.0640. The van der Waals surface area contributed by atoms with Crippen molar-refractivity contribution in [3.05, 3.63) is 11.6 Å². The third-order valence-electron chi connectivity index (χ3n) is 3.97. The predicted molar refractivity (Wildman–Crippen MR) is 81.6 cm³/mol. The first-order valence-corrected chi connectivity index (χ1v) is 8.05. The second-order valence-corrected chi connectivity index (χ2v) is 6.10. The van der Waals surface area contributed by atoms with Crippen LogP contribution >= 0.6 is 0 Å². The summed E-state index contributed by atoms with van der Waals surface area (Å²) >= 11 is 0. The van der Waals surface area contributed by atoms with E-state index in [-0.39, 0.29) is 18.0 Å². The fourth-order valence-electron chi connectivity index (χ4n) is 2.79. The van der Waals surface area contributed by atoms with Gasteiger partial charge in [0, 0.05) is 25.4 Å². The molecule has 1 aromatic rings. The monoisotopic (exact) mass is 293 g/mol. The summed E-state index contributed by atoms with van der Waals surface area (Å²) in [4.78, 5) is 12.0. The number of aryl methyl sites for hydroxylation is 1. The van der Waals surface area contributed by atoms with E-state index >= 15 is 0 Å². The van der Waals surface area contributed by atoms with E-state index in [1.807, 2.05) is 13.8 Å². The largest absolute Gasteiger partial charge is 0.346 e. The number of aromatic nitrogens is 3. The molecular weight excluding hydrogens is 266 g/mol. The lowest BCUT2D eigenvalue weighted by molar-refractivity contribution is -0.121. The van der Waals surface area contributed by atoms with Crippen molar-refractivity contribution in [2.45, 2.75) is 77.4 Å². The zero-order valence-electron chi connectivity index (χ0n) is 13.1. The molecule has 2 atom stereocenters. The van der Waals surface area contributed by atoms with Crippen LogP contribution < -0.4 is 11.1 Å². The maximum Gasteiger partial charge on any atom is 0.220 e. The number of amides is 1. The molecule has 2 rings (SSSR count). The molecule has 3 N–H and O–H groups in total. The molecular formula is C15H27N5O. The van der Waals surface area contributed by atoms with Crippen LogP contribution in [0.5, 0.6) is 0 Å². The first kappa shape index (κ1) is 15.9. The first-order chi connectivity index (χ1) is 10.1. The van der Waals surface area contributed by atoms with Gasteiger partial charge >= 0.3 is 0 Å². The summed E-state index contributed by atoms with van der Waals surface area (Å²) in [6, 6.07) is 0.0645. The summed E-state index contributed by atoms with van der Waals surface area (Å²) < 4.78 is 2.18. The van der Waals surface area contributed by atoms with Crippen molar-refractivity contribution in [3.63, 3.8) is 0 Å². The van der Waals surface area contributed by atoms with Gasteiger partial charge in [-0.2, -0.15) is 0 Å². The van der Waals surface area contributed by atoms with Gasteiger partial charge in [0.15, 0.2) is 5.82 Å². The zero-order valence-corrected chi connectivity index (χ0v) is 13.1. The fourth-order valence-corrected chi connectivity index (χ4v) is 2.79. The molecule has 118 valence electrons. The second-order valence-electron chi connectivity index (χ2n) is 6.10. The van der Waals surface area contributed by atoms with Crippen LogP contribution in [0, 0.1) is 0 Å². The Labute approximate surface area is 126 Å². The molecule has 1 aliphatic heterocycles. The minimum Gasteiger partial charge on any atom is -0.346 e. The fraction of sp³-hybridized carbons (Fsp3) is 0.800. The van der Waals surface area contributed by atoms with Crippen molar-refractivity contribution in [3.8, 4) is 0 Å². The topological polar surface area (TPSA) is 85.8 Å². The lowest BCUT2D eigenvalue weighted by Crippen LogP contribution is -2.29. The Morgan fingerprint density at radius 1 is 1.33 bits per heavy atom. The van der Waals surface area contributed by atoms with Crippen LogP contribution in [0.2, 0.25) is 0 Å². The van der Waals surface area contributed by atoms with Crippen molar-refractivity contribution in [2.24, 2.45) is 5.73 Å². The molecule has 0 saturated carbocycles. The summed E-state index contributed by atoms with van der Waals surface area (Å²) in [5.74, 6) is 2.00. The van der Waals surface area contributed by atoms with Gasteiger partial charge in [0.1, 0.15) is 5.82 Å². The minimum atomic E-state index is -0.0906. The van der Waals surface area contributed by atoms with Crippen LogP contribution in [0.1, 0.15) is 70.1 Å². The van der Waals surface area contributed by atoms with E-state index in [9.17, 15) is 4.79 Å². The maximum atomic E-state index is 12.0. The van der Waals surface area contributed by atoms with E-state index in [1.165, 1.54) is 12.8 Å². The third kappa shape index (κ3) is 4.52. The highest BCUT2D eigenvalue weighted by molar-refractivity contribution is 5.76. The Morgan fingerprint density at radius 2 is 2.14 bits per heavy atom. The number of nitrogens with zero attached hydrogens (tertiary/aromatic N) is 3. The van der Waals surface area contributed by atoms with Crippen LogP contribution in [-0.4, -0.2) is 26.7 Å². The van der Waals surface area contributed by atoms with Crippen molar-refractivity contribution >= 4 is 5.91 Å². The van der Waals surface area contributed by atoms with Crippen molar-refractivity contribution < 1.29 is 4.79 Å². The third-order valence-corrected chi connectivity index (χ3v) is 3.97. The molecule has 0 saturated heterocycles. The van der Waals surface area contributed by atoms with E-state index in [0.29, 0.717) is 6.42 Å². The number of fused-ring (bicyclic) bond motifs is 1. The van der Waals surface area contributed by atoms with Gasteiger partial charge in [0.05, 0.1) is 6.04 Å². The quantitative estimate of drug-likeness (QED) is 0.836. The number of nitrogens with one attached hydrogen (secondary N) is 1. The standard InChI is InChI=1S/C15H27N5O/c1-11(16)7-6-9-14(21)17-12(2)15-19-18-13-8-4-3-5-10-20(13)15/h11-12H,3-10,16H2,1-2H3,(H,17,21). The zero-order chi connectivity index (χ0) is 15.2. The van der Waals surface area contributed by atoms with Gasteiger partial charge in [0.2, 0.25) is 5.91 Å². The van der Waals surface area contributed by atoms with Gasteiger partial charge in [-0.25, -0.2) is 0 Å². The van der Waals surface area contributed by atoms with Crippen LogP contribution in [0.15, 0.2) is 0 Å². The van der Waals surface area contributed by atoms with Crippen molar-refractivity contribution in [1.29, 1.82) is 0 Å². The molecule has 1 amide bonds. The first-order valence-electron chi connectivity index (χ1n) is 8.05. The number of rotatable bonds is 6. The normalized spacial score (nSPS) is 17.7. The molecule has 0 aliphatic carbocycles. The molecule has 2 heterocycles. The number of hydrogen-bond donors (Lipinski definition) is 2. The highest BCUT2D eigenvalue weighted by Crippen LogP contribution is 2.18. The molecule has 0 spiro atoms. The molecule has 2 unspecified atom stereocenters. The summed E-state index contributed by atoms with van der Waals surface area (Å²) in [6.45, 7) is 4.90. The average Bonchev–Trinajstić information content (AvgIpc) is 2.67. The van der Waals surface area contributed by atoms with Crippen LogP contribution in [-0.2, 0) is 17.8 Å². The molecule has 1 aliphatic rings. The van der Waals surface area contributed by atoms with Crippen molar-refractivity contribution in [2.75, 3.05) is 0 Å². The lowest BCUT2D eigenvalue weighted by atomic mass is 10.1. The Balaban J connectivity index is 1.90. The van der Waals surface area contributed by atoms with Gasteiger partial charge in [-0.1, -0.05) is 6.42 Å². The molecule has 0 radical (unpaired) electrons. The average molecular weight is 293 g/mol. The Bertz CT molecular complexity index is 469. The van der Waals surface area contributed by atoms with Crippen molar-refractivity contribution in [1.82, 2.24) is 20.1 Å². The van der Waals surface area contributed by atoms with E-state index in [4.69, 9.17) is 5.73 Å². The molecule has 0 aromatic carbocycles. The van der Waals surface area contributed by atoms with Crippen LogP contribution in [0.25, 0.3) is 0 Å². The molecule has 0 bridgehead atoms. The summed E-state index contributed by atoms with van der Waals surface area (Å²) in [5.41, 5.74) is 5.69. The Morgan fingerprint density at radius 3 is 2.90 bits per heavy atom. The molecule has 6 heteroatoms. The lowest BCUT2D eigenvalue weighted by Gasteiger charge is -2.15. The number of carbonyl (C=O) groups excluding carboxylic acids is 1. The van der Waals surface area contributed by atoms with Gasteiger partial charge in [-0.05, 0) is 39.5 Å². The Kier molecular flexibility index (Phi) is 5.73. The number of hydrogen-bond acceptors (Lipinski definition) is 4. The Hall–Kier alpha value is -1.43. The van der Waals surface area contributed by atoms with E-state index in [1.54, 1.807) is 0 Å². The van der Waals surface area contributed by atoms with Gasteiger partial charge in [-0.15, -0.1) is 10.2 Å². The SMILES string of the molecule is CC(N)CCCC(=O)NC(C)c1nnc2n1CCCCC2. The molecule has 6 nitrogen and oxygen atoms in total. The summed E-state index contributed by atoms with van der Waals surface area (Å²) in [5, 5.41) is 11.6. The van der Waals surface area contributed by atoms with E-state index in [0.717, 1.165) is 43.9 Å². The van der Waals surface area contributed by atoms with Crippen LogP contribution in [0.3, 0.4) is 0 Å². The highest BCUT2D eigenvalue weighted by atomic mass is 16.1. The molecule has 1 aromatic heterocycles. The second kappa shape index (κ2) is 7.54. The molecule has 21 heavy (non-hydrogen) atoms.